The van der Waals surface area contributed by atoms with Crippen LogP contribution >= 0.6 is 23.4 Å². The topological polar surface area (TPSA) is 141 Å². The van der Waals surface area contributed by atoms with Crippen LogP contribution in [0.2, 0.25) is 5.02 Å². The molecule has 0 atom stereocenters. The lowest BCUT2D eigenvalue weighted by atomic mass is 10.2. The van der Waals surface area contributed by atoms with Crippen LogP contribution in [0.3, 0.4) is 0 Å². The summed E-state index contributed by atoms with van der Waals surface area (Å²) in [6.07, 6.45) is 0.434. The number of hydrogen-bond donors (Lipinski definition) is 2. The van der Waals surface area contributed by atoms with Crippen LogP contribution < -0.4 is 21.9 Å². The number of rotatable bonds is 12. The fraction of sp³-hybridized carbons (Fsp3) is 0.219. The molecule has 0 bridgehead atoms. The molecule has 1 amide bonds. The van der Waals surface area contributed by atoms with Crippen molar-refractivity contribution in [2.24, 2.45) is 0 Å². The molecule has 5 aromatic rings. The third kappa shape index (κ3) is 7.36. The average Bonchev–Trinajstić information content (AvgIpc) is 3.46. The van der Waals surface area contributed by atoms with Gasteiger partial charge in [-0.15, -0.1) is 10.2 Å². The molecule has 0 saturated carbocycles. The lowest BCUT2D eigenvalue weighted by Crippen LogP contribution is -2.42. The van der Waals surface area contributed by atoms with Crippen LogP contribution in [0, 0.1) is 6.92 Å². The van der Waals surface area contributed by atoms with Gasteiger partial charge in [-0.25, -0.2) is 4.79 Å². The maximum absolute atomic E-state index is 13.9. The Bertz CT molecular complexity index is 1910. The molecule has 0 fully saturated rings. The Labute approximate surface area is 268 Å². The highest BCUT2D eigenvalue weighted by Crippen LogP contribution is 2.30. The van der Waals surface area contributed by atoms with Gasteiger partial charge in [-0.05, 0) is 60.9 Å². The SMILES string of the molecule is COCCCN(C(=O)CSc1nnc(-c2ccc(Cl)cc2)n1-c1cccc(C)c1)c1c(N)n(Cc2ccccc2)c(=O)[nH]c1=O. The number of hydrogen-bond acceptors (Lipinski definition) is 8. The van der Waals surface area contributed by atoms with Crippen molar-refractivity contribution in [2.45, 2.75) is 25.0 Å². The predicted molar refractivity (Wildman–Crippen MR) is 177 cm³/mol. The normalized spacial score (nSPS) is 11.1. The highest BCUT2D eigenvalue weighted by Gasteiger charge is 2.26. The van der Waals surface area contributed by atoms with Gasteiger partial charge in [0.05, 0.1) is 12.3 Å². The standard InChI is InChI=1S/C32H32ClN7O4S/c1-21-8-6-11-25(18-21)40-29(23-12-14-24(33)15-13-23)36-37-32(40)45-20-26(41)38(16-7-17-44-2)27-28(34)39(31(43)35-30(27)42)19-22-9-4-3-5-10-22/h3-6,8-15,18H,7,16-17,19-20,34H2,1-2H3,(H,35,42,43). The number of carbonyl (C=O) groups excluding carboxylic acids is 1. The van der Waals surface area contributed by atoms with Crippen molar-refractivity contribution in [1.29, 1.82) is 0 Å². The number of nitrogen functional groups attached to an aromatic ring is 1. The molecule has 5 rings (SSSR count). The van der Waals surface area contributed by atoms with E-state index in [1.807, 2.05) is 78.2 Å². The fourth-order valence-corrected chi connectivity index (χ4v) is 5.80. The Hall–Kier alpha value is -4.65. The number of carbonyl (C=O) groups is 1. The lowest BCUT2D eigenvalue weighted by molar-refractivity contribution is -0.116. The van der Waals surface area contributed by atoms with Crippen molar-refractivity contribution >= 4 is 40.8 Å². The van der Waals surface area contributed by atoms with Crippen LogP contribution in [0.15, 0.2) is 93.6 Å². The zero-order valence-electron chi connectivity index (χ0n) is 24.8. The largest absolute Gasteiger partial charge is 0.385 e. The van der Waals surface area contributed by atoms with Crippen molar-refractivity contribution in [3.05, 3.63) is 116 Å². The van der Waals surface area contributed by atoms with E-state index in [0.29, 0.717) is 29.0 Å². The number of nitrogens with two attached hydrogens (primary N) is 1. The Balaban J connectivity index is 1.49. The zero-order chi connectivity index (χ0) is 31.9. The molecule has 45 heavy (non-hydrogen) atoms. The van der Waals surface area contributed by atoms with E-state index in [1.165, 1.54) is 21.2 Å². The van der Waals surface area contributed by atoms with E-state index in [4.69, 9.17) is 22.1 Å². The molecular weight excluding hydrogens is 614 g/mol. The molecule has 3 aromatic carbocycles. The molecule has 13 heteroatoms. The average molecular weight is 646 g/mol. The number of methoxy groups -OCH3 is 1. The summed E-state index contributed by atoms with van der Waals surface area (Å²) in [6.45, 7) is 2.61. The van der Waals surface area contributed by atoms with Gasteiger partial charge in [0.15, 0.2) is 16.7 Å². The van der Waals surface area contributed by atoms with E-state index in [-0.39, 0.29) is 30.3 Å². The van der Waals surface area contributed by atoms with Gasteiger partial charge in [0.25, 0.3) is 5.56 Å². The Kier molecular flexibility index (Phi) is 10.2. The number of amides is 1. The second-order valence-corrected chi connectivity index (χ2v) is 11.6. The quantitative estimate of drug-likeness (QED) is 0.149. The summed E-state index contributed by atoms with van der Waals surface area (Å²) in [6, 6.07) is 24.4. The highest BCUT2D eigenvalue weighted by molar-refractivity contribution is 7.99. The van der Waals surface area contributed by atoms with Gasteiger partial charge in [-0.1, -0.05) is 65.8 Å². The first-order valence-corrected chi connectivity index (χ1v) is 15.5. The van der Waals surface area contributed by atoms with E-state index >= 15 is 0 Å². The number of nitrogens with zero attached hydrogens (tertiary/aromatic N) is 5. The molecule has 0 aliphatic heterocycles. The molecule has 232 valence electrons. The molecule has 0 spiro atoms. The Morgan fingerprint density at radius 3 is 2.51 bits per heavy atom. The van der Waals surface area contributed by atoms with Gasteiger partial charge < -0.3 is 15.4 Å². The molecule has 0 unspecified atom stereocenters. The molecule has 0 aliphatic rings. The number of aryl methyl sites for hydroxylation is 1. The highest BCUT2D eigenvalue weighted by atomic mass is 35.5. The second-order valence-electron chi connectivity index (χ2n) is 10.2. The second kappa shape index (κ2) is 14.4. The van der Waals surface area contributed by atoms with Gasteiger partial charge in [0.1, 0.15) is 5.82 Å². The van der Waals surface area contributed by atoms with Crippen LogP contribution in [-0.2, 0) is 16.1 Å². The summed E-state index contributed by atoms with van der Waals surface area (Å²) >= 11 is 7.30. The summed E-state index contributed by atoms with van der Waals surface area (Å²) < 4.78 is 8.33. The van der Waals surface area contributed by atoms with Crippen molar-refractivity contribution in [1.82, 2.24) is 24.3 Å². The number of aromatic nitrogens is 5. The smallest absolute Gasteiger partial charge is 0.330 e. The van der Waals surface area contributed by atoms with Crippen LogP contribution in [-0.4, -0.2) is 56.2 Å². The van der Waals surface area contributed by atoms with E-state index in [2.05, 4.69) is 15.2 Å². The van der Waals surface area contributed by atoms with Gasteiger partial charge >= 0.3 is 5.69 Å². The van der Waals surface area contributed by atoms with E-state index in [9.17, 15) is 14.4 Å². The summed E-state index contributed by atoms with van der Waals surface area (Å²) in [5.41, 5.74) is 8.43. The zero-order valence-corrected chi connectivity index (χ0v) is 26.3. The molecular formula is C32H32ClN7O4S. The van der Waals surface area contributed by atoms with Gasteiger partial charge in [-0.3, -0.25) is 23.7 Å². The Morgan fingerprint density at radius 1 is 1.04 bits per heavy atom. The minimum Gasteiger partial charge on any atom is -0.385 e. The monoisotopic (exact) mass is 645 g/mol. The summed E-state index contributed by atoms with van der Waals surface area (Å²) in [5, 5.41) is 9.94. The van der Waals surface area contributed by atoms with E-state index in [0.717, 1.165) is 22.4 Å². The number of H-pyrrole nitrogens is 1. The third-order valence-corrected chi connectivity index (χ3v) is 8.18. The van der Waals surface area contributed by atoms with Crippen LogP contribution in [0.4, 0.5) is 11.5 Å². The van der Waals surface area contributed by atoms with Crippen LogP contribution in [0.5, 0.6) is 0 Å². The first kappa shape index (κ1) is 31.8. The predicted octanol–water partition coefficient (Wildman–Crippen LogP) is 4.54. The molecule has 3 N–H and O–H groups in total. The van der Waals surface area contributed by atoms with Crippen molar-refractivity contribution in [2.75, 3.05) is 36.6 Å². The molecule has 2 aromatic heterocycles. The van der Waals surface area contributed by atoms with Gasteiger partial charge in [0, 0.05) is 36.5 Å². The van der Waals surface area contributed by atoms with Crippen LogP contribution in [0.1, 0.15) is 17.5 Å². The van der Waals surface area contributed by atoms with Gasteiger partial charge in [0.2, 0.25) is 5.91 Å². The van der Waals surface area contributed by atoms with Crippen molar-refractivity contribution in [3.63, 3.8) is 0 Å². The number of thioether (sulfide) groups is 1. The number of anilines is 2. The first-order chi connectivity index (χ1) is 21.8. The minimum absolute atomic E-state index is 0.0887. The molecule has 0 radical (unpaired) electrons. The molecule has 0 aliphatic carbocycles. The fourth-order valence-electron chi connectivity index (χ4n) is 4.84. The summed E-state index contributed by atoms with van der Waals surface area (Å²) in [4.78, 5) is 43.5. The number of halogens is 1. The van der Waals surface area contributed by atoms with E-state index < -0.39 is 17.2 Å². The molecule has 11 nitrogen and oxygen atoms in total. The van der Waals surface area contributed by atoms with Crippen molar-refractivity contribution < 1.29 is 9.53 Å². The Morgan fingerprint density at radius 2 is 1.80 bits per heavy atom. The first-order valence-electron chi connectivity index (χ1n) is 14.1. The van der Waals surface area contributed by atoms with Gasteiger partial charge in [-0.2, -0.15) is 0 Å². The number of ether oxygens (including phenoxy) is 1. The van der Waals surface area contributed by atoms with Crippen molar-refractivity contribution in [3.8, 4) is 17.1 Å². The number of benzene rings is 3. The minimum atomic E-state index is -0.745. The molecule has 0 saturated heterocycles. The third-order valence-electron chi connectivity index (χ3n) is 7.02. The maximum Gasteiger partial charge on any atom is 0.330 e. The number of aromatic amines is 1. The molecule has 2 heterocycles. The summed E-state index contributed by atoms with van der Waals surface area (Å²) in [5.74, 6) is -0.00644. The van der Waals surface area contributed by atoms with Crippen LogP contribution in [0.25, 0.3) is 17.1 Å². The maximum atomic E-state index is 13.9. The number of nitrogens with one attached hydrogen (secondary N) is 1. The lowest BCUT2D eigenvalue weighted by Gasteiger charge is -2.24. The summed E-state index contributed by atoms with van der Waals surface area (Å²) in [7, 11) is 1.56. The van der Waals surface area contributed by atoms with E-state index in [1.54, 1.807) is 19.2 Å².